The van der Waals surface area contributed by atoms with Crippen LogP contribution in [0.5, 0.6) is 0 Å². The van der Waals surface area contributed by atoms with Crippen LogP contribution < -0.4 is 5.32 Å². The smallest absolute Gasteiger partial charge is 0.0963 e. The quantitative estimate of drug-likeness (QED) is 0.847. The molecule has 1 heterocycles. The Hall–Kier alpha value is -1.87. The lowest BCUT2D eigenvalue weighted by Gasteiger charge is -2.13. The lowest BCUT2D eigenvalue weighted by molar-refractivity contribution is 0.191. The van der Waals surface area contributed by atoms with Gasteiger partial charge >= 0.3 is 0 Å². The summed E-state index contributed by atoms with van der Waals surface area (Å²) in [4.78, 5) is 3.93. The van der Waals surface area contributed by atoms with Crippen LogP contribution in [0.1, 0.15) is 24.2 Å². The van der Waals surface area contributed by atoms with E-state index in [-0.39, 0.29) is 0 Å². The van der Waals surface area contributed by atoms with Crippen molar-refractivity contribution in [3.63, 3.8) is 0 Å². The Bertz CT molecular complexity index is 468. The van der Waals surface area contributed by atoms with Crippen LogP contribution >= 0.6 is 0 Å². The number of anilines is 1. The maximum Gasteiger partial charge on any atom is 0.0963 e. The highest BCUT2D eigenvalue weighted by atomic mass is 16.3. The van der Waals surface area contributed by atoms with E-state index < -0.39 is 6.10 Å². The molecule has 2 N–H and O–H groups in total. The molecule has 3 nitrogen and oxygen atoms in total. The summed E-state index contributed by atoms with van der Waals surface area (Å²) >= 11 is 0. The topological polar surface area (TPSA) is 45.1 Å². The molecule has 0 aliphatic heterocycles. The molecule has 94 valence electrons. The van der Waals surface area contributed by atoms with E-state index in [0.717, 1.165) is 17.7 Å². The zero-order valence-electron chi connectivity index (χ0n) is 10.5. The lowest BCUT2D eigenvalue weighted by atomic mass is 10.1. The van der Waals surface area contributed by atoms with Gasteiger partial charge in [-0.05, 0) is 41.8 Å². The fraction of sp³-hybridized carbons (Fsp3) is 0.267. The van der Waals surface area contributed by atoms with Gasteiger partial charge in [0.2, 0.25) is 0 Å². The third kappa shape index (κ3) is 3.31. The molecular formula is C15H18N2O. The number of aromatic nitrogens is 1. The van der Waals surface area contributed by atoms with Crippen LogP contribution in [0.2, 0.25) is 0 Å². The summed E-state index contributed by atoms with van der Waals surface area (Å²) in [5, 5.41) is 13.2. The Morgan fingerprint density at radius 2 is 1.78 bits per heavy atom. The predicted molar refractivity (Wildman–Crippen MR) is 73.5 cm³/mol. The second kappa shape index (κ2) is 6.17. The van der Waals surface area contributed by atoms with Crippen molar-refractivity contribution in [1.82, 2.24) is 4.98 Å². The lowest BCUT2D eigenvalue weighted by Crippen LogP contribution is -2.12. The fourth-order valence-corrected chi connectivity index (χ4v) is 1.78. The zero-order chi connectivity index (χ0) is 12.8. The van der Waals surface area contributed by atoms with E-state index in [4.69, 9.17) is 0 Å². The number of hydrogen-bond donors (Lipinski definition) is 2. The highest BCUT2D eigenvalue weighted by Gasteiger charge is 2.06. The normalized spacial score (nSPS) is 12.1. The van der Waals surface area contributed by atoms with Crippen LogP contribution in [-0.4, -0.2) is 16.6 Å². The first-order valence-electron chi connectivity index (χ1n) is 6.20. The Morgan fingerprint density at radius 3 is 2.39 bits per heavy atom. The second-order valence-corrected chi connectivity index (χ2v) is 4.23. The predicted octanol–water partition coefficient (Wildman–Crippen LogP) is 2.79. The van der Waals surface area contributed by atoms with Crippen molar-refractivity contribution >= 4 is 5.69 Å². The standard InChI is InChI=1S/C15H18N2O/c1-2-12-3-5-14(6-4-12)17-11-15(18)13-7-9-16-10-8-13/h3-10,15,17-18H,2,11H2,1H3. The van der Waals surface area contributed by atoms with Gasteiger partial charge in [-0.15, -0.1) is 0 Å². The largest absolute Gasteiger partial charge is 0.387 e. The van der Waals surface area contributed by atoms with E-state index in [1.807, 2.05) is 24.3 Å². The molecule has 0 aliphatic carbocycles. The van der Waals surface area contributed by atoms with Gasteiger partial charge in [-0.1, -0.05) is 19.1 Å². The van der Waals surface area contributed by atoms with Crippen molar-refractivity contribution in [2.45, 2.75) is 19.4 Å². The number of aliphatic hydroxyl groups is 1. The Kier molecular flexibility index (Phi) is 4.31. The van der Waals surface area contributed by atoms with Crippen LogP contribution in [0.25, 0.3) is 0 Å². The average Bonchev–Trinajstić information content (AvgIpc) is 2.46. The van der Waals surface area contributed by atoms with E-state index in [1.54, 1.807) is 12.4 Å². The zero-order valence-corrected chi connectivity index (χ0v) is 10.5. The minimum absolute atomic E-state index is 0.496. The maximum atomic E-state index is 9.99. The molecule has 1 unspecified atom stereocenters. The first-order chi connectivity index (χ1) is 8.79. The Balaban J connectivity index is 1.91. The van der Waals surface area contributed by atoms with Gasteiger partial charge in [0.25, 0.3) is 0 Å². The molecule has 0 saturated heterocycles. The van der Waals surface area contributed by atoms with Gasteiger partial charge < -0.3 is 10.4 Å². The van der Waals surface area contributed by atoms with E-state index in [0.29, 0.717) is 6.54 Å². The summed E-state index contributed by atoms with van der Waals surface area (Å²) < 4.78 is 0. The SMILES string of the molecule is CCc1ccc(NCC(O)c2ccncc2)cc1. The van der Waals surface area contributed by atoms with Crippen molar-refractivity contribution < 1.29 is 5.11 Å². The van der Waals surface area contributed by atoms with Gasteiger partial charge in [0, 0.05) is 24.6 Å². The van der Waals surface area contributed by atoms with Crippen molar-refractivity contribution in [1.29, 1.82) is 0 Å². The molecule has 0 aliphatic rings. The molecule has 0 radical (unpaired) electrons. The molecule has 0 saturated carbocycles. The highest BCUT2D eigenvalue weighted by Crippen LogP contribution is 2.14. The minimum Gasteiger partial charge on any atom is -0.387 e. The van der Waals surface area contributed by atoms with Gasteiger partial charge in [-0.2, -0.15) is 0 Å². The van der Waals surface area contributed by atoms with E-state index in [2.05, 4.69) is 29.4 Å². The third-order valence-corrected chi connectivity index (χ3v) is 2.95. The summed E-state index contributed by atoms with van der Waals surface area (Å²) in [6, 6.07) is 11.9. The number of rotatable bonds is 5. The van der Waals surface area contributed by atoms with Gasteiger partial charge in [0.05, 0.1) is 6.10 Å². The molecular weight excluding hydrogens is 224 g/mol. The molecule has 1 aromatic heterocycles. The van der Waals surface area contributed by atoms with E-state index >= 15 is 0 Å². The number of hydrogen-bond acceptors (Lipinski definition) is 3. The maximum absolute atomic E-state index is 9.99. The van der Waals surface area contributed by atoms with Crippen LogP contribution in [-0.2, 0) is 6.42 Å². The molecule has 0 amide bonds. The van der Waals surface area contributed by atoms with Crippen LogP contribution in [0.15, 0.2) is 48.8 Å². The van der Waals surface area contributed by atoms with Crippen molar-refractivity contribution in [3.8, 4) is 0 Å². The molecule has 18 heavy (non-hydrogen) atoms. The number of nitrogens with zero attached hydrogens (tertiary/aromatic N) is 1. The Morgan fingerprint density at radius 1 is 1.11 bits per heavy atom. The third-order valence-electron chi connectivity index (χ3n) is 2.95. The fourth-order valence-electron chi connectivity index (χ4n) is 1.78. The molecule has 1 aromatic carbocycles. The van der Waals surface area contributed by atoms with Gasteiger partial charge in [0.1, 0.15) is 0 Å². The number of nitrogens with one attached hydrogen (secondary N) is 1. The monoisotopic (exact) mass is 242 g/mol. The van der Waals surface area contributed by atoms with Gasteiger partial charge in [-0.3, -0.25) is 4.98 Å². The van der Waals surface area contributed by atoms with Gasteiger partial charge in [0.15, 0.2) is 0 Å². The van der Waals surface area contributed by atoms with Crippen molar-refractivity contribution in [2.24, 2.45) is 0 Å². The summed E-state index contributed by atoms with van der Waals surface area (Å²) in [6.07, 6.45) is 3.90. The molecule has 0 spiro atoms. The summed E-state index contributed by atoms with van der Waals surface area (Å²) in [5.74, 6) is 0. The summed E-state index contributed by atoms with van der Waals surface area (Å²) in [5.41, 5.74) is 3.22. The van der Waals surface area contributed by atoms with Crippen LogP contribution in [0, 0.1) is 0 Å². The van der Waals surface area contributed by atoms with Crippen molar-refractivity contribution in [3.05, 3.63) is 59.9 Å². The molecule has 1 atom stereocenters. The summed E-state index contributed by atoms with van der Waals surface area (Å²) in [6.45, 7) is 2.63. The molecule has 0 bridgehead atoms. The molecule has 3 heteroatoms. The van der Waals surface area contributed by atoms with Crippen LogP contribution in [0.4, 0.5) is 5.69 Å². The number of pyridine rings is 1. The first-order valence-corrected chi connectivity index (χ1v) is 6.20. The van der Waals surface area contributed by atoms with E-state index in [1.165, 1.54) is 5.56 Å². The number of benzene rings is 1. The average molecular weight is 242 g/mol. The highest BCUT2D eigenvalue weighted by molar-refractivity contribution is 5.44. The second-order valence-electron chi connectivity index (χ2n) is 4.23. The molecule has 2 aromatic rings. The van der Waals surface area contributed by atoms with Crippen molar-refractivity contribution in [2.75, 3.05) is 11.9 Å². The summed E-state index contributed by atoms with van der Waals surface area (Å²) in [7, 11) is 0. The first kappa shape index (κ1) is 12.6. The van der Waals surface area contributed by atoms with E-state index in [9.17, 15) is 5.11 Å². The van der Waals surface area contributed by atoms with Crippen LogP contribution in [0.3, 0.4) is 0 Å². The Labute approximate surface area is 108 Å². The van der Waals surface area contributed by atoms with Gasteiger partial charge in [-0.25, -0.2) is 0 Å². The minimum atomic E-state index is -0.515. The molecule has 2 rings (SSSR count). The molecule has 0 fully saturated rings. The number of aliphatic hydroxyl groups excluding tert-OH is 1. The number of aryl methyl sites for hydroxylation is 1.